The molecule has 0 heterocycles. The minimum Gasteiger partial charge on any atom is -0.451 e. The second-order valence-corrected chi connectivity index (χ2v) is 9.57. The quantitative estimate of drug-likeness (QED) is 0.594. The van der Waals surface area contributed by atoms with Gasteiger partial charge in [0.05, 0.1) is 0 Å². The van der Waals surface area contributed by atoms with Gasteiger partial charge in [-0.3, -0.25) is 14.4 Å². The average molecular weight is 468 g/mol. The summed E-state index contributed by atoms with van der Waals surface area (Å²) in [4.78, 5) is 37.3. The molecule has 2 amide bonds. The first-order valence-electron chi connectivity index (χ1n) is 11.2. The zero-order valence-electron chi connectivity index (χ0n) is 18.2. The molecule has 0 aromatic heterocycles. The first-order valence-corrected chi connectivity index (χ1v) is 11.2. The van der Waals surface area contributed by atoms with Crippen LogP contribution in [0.1, 0.15) is 45.4 Å². The first kappa shape index (κ1) is 23.4. The van der Waals surface area contributed by atoms with Gasteiger partial charge in [0.2, 0.25) is 5.91 Å². The molecule has 4 aliphatic rings. The molecule has 7 nitrogen and oxygen atoms in total. The second-order valence-electron chi connectivity index (χ2n) is 9.57. The summed E-state index contributed by atoms with van der Waals surface area (Å²) in [6, 6.07) is 4.58. The van der Waals surface area contributed by atoms with Gasteiger partial charge >= 0.3 is 12.3 Å². The summed E-state index contributed by atoms with van der Waals surface area (Å²) in [6.07, 6.45) is 0.305. The van der Waals surface area contributed by atoms with Gasteiger partial charge in [-0.25, -0.2) is 0 Å². The Morgan fingerprint density at radius 1 is 1.03 bits per heavy atom. The fourth-order valence-corrected chi connectivity index (χ4v) is 6.00. The van der Waals surface area contributed by atoms with Crippen molar-refractivity contribution in [3.05, 3.63) is 24.3 Å². The van der Waals surface area contributed by atoms with Gasteiger partial charge in [-0.05, 0) is 87.5 Å². The van der Waals surface area contributed by atoms with Gasteiger partial charge in [-0.1, -0.05) is 0 Å². The van der Waals surface area contributed by atoms with Crippen LogP contribution >= 0.6 is 0 Å². The van der Waals surface area contributed by atoms with E-state index in [1.54, 1.807) is 0 Å². The molecule has 180 valence electrons. The van der Waals surface area contributed by atoms with Gasteiger partial charge < -0.3 is 20.1 Å². The van der Waals surface area contributed by atoms with Gasteiger partial charge in [0.25, 0.3) is 5.91 Å². The van der Waals surface area contributed by atoms with Crippen LogP contribution in [0.3, 0.4) is 0 Å². The molecule has 1 aromatic carbocycles. The lowest BCUT2D eigenvalue weighted by atomic mass is 9.49. The summed E-state index contributed by atoms with van der Waals surface area (Å²) >= 11 is 0. The van der Waals surface area contributed by atoms with E-state index in [-0.39, 0.29) is 23.6 Å². The molecule has 4 aliphatic carbocycles. The maximum Gasteiger partial charge on any atom is 0.573 e. The van der Waals surface area contributed by atoms with Crippen molar-refractivity contribution in [2.75, 3.05) is 11.9 Å². The standard InChI is InChI=1S/C23H27F3N2O5/c1-13(20(30)28-17-2-4-18(5-3-17)33-23(24,25)26)32-19(29)12-27-21(31)22-9-14-6-15(10-22)8-16(7-14)11-22/h2-5,13-16H,6-12H2,1H3,(H,27,31)(H,28,30). The minimum absolute atomic E-state index is 0.100. The number of carbonyl (C=O) groups is 3. The van der Waals surface area contributed by atoms with Crippen LogP contribution in [0.4, 0.5) is 18.9 Å². The molecular formula is C23H27F3N2O5. The van der Waals surface area contributed by atoms with E-state index in [2.05, 4.69) is 15.4 Å². The molecule has 33 heavy (non-hydrogen) atoms. The zero-order valence-corrected chi connectivity index (χ0v) is 18.2. The SMILES string of the molecule is CC(OC(=O)CNC(=O)C12CC3CC(CC(C3)C1)C2)C(=O)Nc1ccc(OC(F)(F)F)cc1. The Bertz CT molecular complexity index is 880. The number of ether oxygens (including phenoxy) is 2. The summed E-state index contributed by atoms with van der Waals surface area (Å²) in [5.74, 6) is -0.0956. The van der Waals surface area contributed by atoms with E-state index in [9.17, 15) is 27.6 Å². The summed E-state index contributed by atoms with van der Waals surface area (Å²) in [7, 11) is 0. The third kappa shape index (κ3) is 5.59. The molecule has 2 N–H and O–H groups in total. The van der Waals surface area contributed by atoms with Gasteiger partial charge in [0, 0.05) is 11.1 Å². The molecule has 1 atom stereocenters. The Morgan fingerprint density at radius 2 is 1.58 bits per heavy atom. The number of alkyl halides is 3. The normalized spacial score (nSPS) is 28.7. The van der Waals surface area contributed by atoms with E-state index >= 15 is 0 Å². The summed E-state index contributed by atoms with van der Waals surface area (Å²) in [5.41, 5.74) is -0.160. The molecule has 1 unspecified atom stereocenters. The highest BCUT2D eigenvalue weighted by atomic mass is 19.4. The van der Waals surface area contributed by atoms with Crippen LogP contribution in [0.25, 0.3) is 0 Å². The van der Waals surface area contributed by atoms with Crippen LogP contribution < -0.4 is 15.4 Å². The Hall–Kier alpha value is -2.78. The minimum atomic E-state index is -4.81. The predicted molar refractivity (Wildman–Crippen MR) is 111 cm³/mol. The highest BCUT2D eigenvalue weighted by Gasteiger charge is 2.54. The molecule has 0 saturated heterocycles. The van der Waals surface area contributed by atoms with E-state index in [1.165, 1.54) is 38.3 Å². The number of anilines is 1. The molecule has 4 fully saturated rings. The number of rotatable bonds is 7. The van der Waals surface area contributed by atoms with E-state index < -0.39 is 30.1 Å². The molecule has 0 radical (unpaired) electrons. The first-order chi connectivity index (χ1) is 15.5. The molecule has 10 heteroatoms. The van der Waals surface area contributed by atoms with Crippen molar-refractivity contribution in [2.24, 2.45) is 23.2 Å². The van der Waals surface area contributed by atoms with Gasteiger partial charge in [-0.15, -0.1) is 13.2 Å². The number of halogens is 3. The number of benzene rings is 1. The lowest BCUT2D eigenvalue weighted by Crippen LogP contribution is -2.54. The van der Waals surface area contributed by atoms with Gasteiger partial charge in [-0.2, -0.15) is 0 Å². The third-order valence-corrected chi connectivity index (χ3v) is 6.95. The average Bonchev–Trinajstić information content (AvgIpc) is 2.71. The topological polar surface area (TPSA) is 93.7 Å². The molecule has 4 bridgehead atoms. The van der Waals surface area contributed by atoms with Crippen molar-refractivity contribution >= 4 is 23.5 Å². The van der Waals surface area contributed by atoms with Gasteiger partial charge in [0.15, 0.2) is 6.10 Å². The van der Waals surface area contributed by atoms with Crippen molar-refractivity contribution in [3.8, 4) is 5.75 Å². The predicted octanol–water partition coefficient (Wildman–Crippen LogP) is 3.79. The van der Waals surface area contributed by atoms with Crippen LogP contribution in [-0.4, -0.2) is 36.8 Å². The molecule has 0 spiro atoms. The largest absolute Gasteiger partial charge is 0.573 e. The fourth-order valence-electron chi connectivity index (χ4n) is 6.00. The maximum absolute atomic E-state index is 12.9. The van der Waals surface area contributed by atoms with Crippen LogP contribution in [0.15, 0.2) is 24.3 Å². The Morgan fingerprint density at radius 3 is 2.09 bits per heavy atom. The fraction of sp³-hybridized carbons (Fsp3) is 0.609. The van der Waals surface area contributed by atoms with Gasteiger partial charge in [0.1, 0.15) is 12.3 Å². The third-order valence-electron chi connectivity index (χ3n) is 6.95. The maximum atomic E-state index is 12.9. The van der Waals surface area contributed by atoms with Crippen molar-refractivity contribution in [2.45, 2.75) is 57.9 Å². The number of carbonyl (C=O) groups excluding carboxylic acids is 3. The van der Waals surface area contributed by atoms with Crippen molar-refractivity contribution < 1.29 is 37.0 Å². The van der Waals surface area contributed by atoms with E-state index in [0.717, 1.165) is 31.4 Å². The number of amides is 2. The van der Waals surface area contributed by atoms with Crippen molar-refractivity contribution in [1.82, 2.24) is 5.32 Å². The lowest BCUT2D eigenvalue weighted by molar-refractivity contribution is -0.274. The number of esters is 1. The number of hydrogen-bond acceptors (Lipinski definition) is 5. The Balaban J connectivity index is 1.22. The molecule has 4 saturated carbocycles. The monoisotopic (exact) mass is 468 g/mol. The second kappa shape index (κ2) is 8.87. The van der Waals surface area contributed by atoms with Crippen molar-refractivity contribution in [1.29, 1.82) is 0 Å². The smallest absolute Gasteiger partial charge is 0.451 e. The molecular weight excluding hydrogens is 441 g/mol. The van der Waals surface area contributed by atoms with Crippen LogP contribution in [-0.2, 0) is 19.1 Å². The van der Waals surface area contributed by atoms with E-state index in [0.29, 0.717) is 17.8 Å². The summed E-state index contributed by atoms with van der Waals surface area (Å²) < 4.78 is 45.5. The summed E-state index contributed by atoms with van der Waals surface area (Å²) in [5, 5.41) is 5.16. The van der Waals surface area contributed by atoms with Crippen LogP contribution in [0.2, 0.25) is 0 Å². The summed E-state index contributed by atoms with van der Waals surface area (Å²) in [6.45, 7) is 1.05. The van der Waals surface area contributed by atoms with E-state index in [4.69, 9.17) is 4.74 Å². The Labute approximate surface area is 189 Å². The lowest BCUT2D eigenvalue weighted by Gasteiger charge is -2.55. The van der Waals surface area contributed by atoms with Crippen molar-refractivity contribution in [3.63, 3.8) is 0 Å². The van der Waals surface area contributed by atoms with Crippen LogP contribution in [0, 0.1) is 23.2 Å². The number of hydrogen-bond donors (Lipinski definition) is 2. The van der Waals surface area contributed by atoms with Crippen LogP contribution in [0.5, 0.6) is 5.75 Å². The molecule has 1 aromatic rings. The Kier molecular flexibility index (Phi) is 6.28. The highest BCUT2D eigenvalue weighted by molar-refractivity contribution is 5.95. The molecule has 0 aliphatic heterocycles. The van der Waals surface area contributed by atoms with E-state index in [1.807, 2.05) is 0 Å². The zero-order chi connectivity index (χ0) is 23.8. The highest BCUT2D eigenvalue weighted by Crippen LogP contribution is 2.60. The molecule has 5 rings (SSSR count). The number of nitrogens with one attached hydrogen (secondary N) is 2.